The largest absolute Gasteiger partial charge is 0.312 e. The van der Waals surface area contributed by atoms with Crippen LogP contribution in [0.2, 0.25) is 0 Å². The highest BCUT2D eigenvalue weighted by Gasteiger charge is 2.39. The second-order valence-corrected chi connectivity index (χ2v) is 9.46. The van der Waals surface area contributed by atoms with Crippen LogP contribution in [0.4, 0.5) is 5.69 Å². The minimum absolute atomic E-state index is 0.310. The van der Waals surface area contributed by atoms with Gasteiger partial charge in [0.1, 0.15) is 0 Å². The van der Waals surface area contributed by atoms with Gasteiger partial charge in [0.05, 0.1) is 28.0 Å². The molecule has 2 amide bonds. The van der Waals surface area contributed by atoms with Crippen LogP contribution in [0, 0.1) is 13.8 Å². The summed E-state index contributed by atoms with van der Waals surface area (Å²) in [5.41, 5.74) is 8.23. The molecule has 1 aromatic heterocycles. The molecule has 0 unspecified atom stereocenters. The molecule has 6 rings (SSSR count). The summed E-state index contributed by atoms with van der Waals surface area (Å²) in [7, 11) is 0. The van der Waals surface area contributed by atoms with Crippen LogP contribution < -0.4 is 4.90 Å². The maximum atomic E-state index is 14.0. The number of anilines is 1. The van der Waals surface area contributed by atoms with E-state index in [1.165, 1.54) is 4.90 Å². The summed E-state index contributed by atoms with van der Waals surface area (Å²) in [5, 5.41) is 1.09. The molecule has 0 fully saturated rings. The molecule has 1 aliphatic heterocycles. The Balaban J connectivity index is 1.53. The van der Waals surface area contributed by atoms with E-state index in [0.717, 1.165) is 38.9 Å². The Hall–Kier alpha value is -4.96. The van der Waals surface area contributed by atoms with Crippen LogP contribution in [0.1, 0.15) is 37.5 Å². The second kappa shape index (κ2) is 9.16. The summed E-state index contributed by atoms with van der Waals surface area (Å²) in [6, 6.07) is 29.2. The Morgan fingerprint density at radius 1 is 0.763 bits per heavy atom. The molecule has 0 bridgehead atoms. The first-order valence-corrected chi connectivity index (χ1v) is 12.6. The molecule has 0 atom stereocenters. The van der Waals surface area contributed by atoms with Gasteiger partial charge in [0, 0.05) is 16.6 Å². The van der Waals surface area contributed by atoms with Crippen LogP contribution in [-0.4, -0.2) is 16.4 Å². The van der Waals surface area contributed by atoms with Crippen LogP contribution in [-0.2, 0) is 0 Å². The maximum absolute atomic E-state index is 14.0. The average Bonchev–Trinajstić information content (AvgIpc) is 3.38. The maximum Gasteiger partial charge on any atom is 0.268 e. The second-order valence-electron chi connectivity index (χ2n) is 9.46. The number of allylic oxidation sites excluding steroid dienone is 2. The van der Waals surface area contributed by atoms with Gasteiger partial charge in [-0.3, -0.25) is 9.59 Å². The number of carbonyl (C=O) groups excluding carboxylic acids is 2. The molecule has 0 spiro atoms. The lowest BCUT2D eigenvalue weighted by molar-refractivity contribution is 0.0926. The quantitative estimate of drug-likeness (QED) is 0.184. The lowest BCUT2D eigenvalue weighted by Crippen LogP contribution is -2.29. The van der Waals surface area contributed by atoms with Crippen molar-refractivity contribution in [3.63, 3.8) is 0 Å². The summed E-state index contributed by atoms with van der Waals surface area (Å²) in [5.74, 6) is -0.626. The fourth-order valence-corrected chi connectivity index (χ4v) is 5.48. The van der Waals surface area contributed by atoms with Gasteiger partial charge in [0.15, 0.2) is 0 Å². The number of imide groups is 1. The number of para-hydroxylation sites is 1. The van der Waals surface area contributed by atoms with Gasteiger partial charge in [-0.15, -0.1) is 0 Å². The molecule has 0 aliphatic carbocycles. The normalized spacial score (nSPS) is 13.1. The molecule has 4 heteroatoms. The topological polar surface area (TPSA) is 42.3 Å². The van der Waals surface area contributed by atoms with E-state index in [0.29, 0.717) is 22.5 Å². The standard InChI is InChI=1S/C34H26N2O2/c1-4-5-17-27-23(3)35(32-22(2)12-9-18-28(27)32)30-20-11-19-29-31(30)34(38)36(33(29)37)26-16-10-15-25(21-26)24-13-7-6-8-14-24/h4-21H,1H2,2-3H3/b17-5-. The molecule has 38 heavy (non-hydrogen) atoms. The summed E-state index contributed by atoms with van der Waals surface area (Å²) < 4.78 is 2.11. The van der Waals surface area contributed by atoms with Crippen molar-refractivity contribution in [2.75, 3.05) is 4.90 Å². The first-order chi connectivity index (χ1) is 18.5. The van der Waals surface area contributed by atoms with E-state index in [1.807, 2.05) is 91.9 Å². The van der Waals surface area contributed by atoms with Crippen LogP contribution in [0.5, 0.6) is 0 Å². The Morgan fingerprint density at radius 2 is 1.50 bits per heavy atom. The van der Waals surface area contributed by atoms with Crippen molar-refractivity contribution in [2.45, 2.75) is 13.8 Å². The van der Waals surface area contributed by atoms with Crippen molar-refractivity contribution in [3.8, 4) is 16.8 Å². The molecule has 0 saturated carbocycles. The highest BCUT2D eigenvalue weighted by molar-refractivity contribution is 6.35. The number of nitrogens with zero attached hydrogens (tertiary/aromatic N) is 2. The fourth-order valence-electron chi connectivity index (χ4n) is 5.48. The Bertz CT molecular complexity index is 1790. The Kier molecular flexibility index (Phi) is 5.65. The predicted molar refractivity (Wildman–Crippen MR) is 155 cm³/mol. The number of hydrogen-bond acceptors (Lipinski definition) is 2. The van der Waals surface area contributed by atoms with Gasteiger partial charge >= 0.3 is 0 Å². The smallest absolute Gasteiger partial charge is 0.268 e. The van der Waals surface area contributed by atoms with Crippen molar-refractivity contribution in [3.05, 3.63) is 138 Å². The van der Waals surface area contributed by atoms with E-state index in [4.69, 9.17) is 0 Å². The van der Waals surface area contributed by atoms with E-state index < -0.39 is 0 Å². The first-order valence-electron chi connectivity index (χ1n) is 12.6. The molecule has 1 aliphatic rings. The molecule has 2 heterocycles. The molecule has 0 radical (unpaired) electrons. The molecule has 184 valence electrons. The SMILES string of the molecule is C=C/C=C\c1c(C)n(-c2cccc3c2C(=O)N(c2cccc(-c4ccccc4)c2)C3=O)c2c(C)cccc12. The lowest BCUT2D eigenvalue weighted by atomic mass is 10.0. The lowest BCUT2D eigenvalue weighted by Gasteiger charge is -2.16. The molecule has 0 saturated heterocycles. The molecule has 0 N–H and O–H groups in total. The van der Waals surface area contributed by atoms with Gasteiger partial charge < -0.3 is 4.57 Å². The van der Waals surface area contributed by atoms with Crippen LogP contribution in [0.3, 0.4) is 0 Å². The van der Waals surface area contributed by atoms with E-state index in [-0.39, 0.29) is 11.8 Å². The minimum atomic E-state index is -0.316. The summed E-state index contributed by atoms with van der Waals surface area (Å²) in [4.78, 5) is 29.0. The van der Waals surface area contributed by atoms with E-state index in [1.54, 1.807) is 12.1 Å². The summed E-state index contributed by atoms with van der Waals surface area (Å²) >= 11 is 0. The predicted octanol–water partition coefficient (Wildman–Crippen LogP) is 7.91. The van der Waals surface area contributed by atoms with Crippen molar-refractivity contribution in [1.29, 1.82) is 0 Å². The van der Waals surface area contributed by atoms with E-state index in [2.05, 4.69) is 30.2 Å². The first kappa shape index (κ1) is 23.4. The number of carbonyl (C=O) groups is 2. The molecule has 4 nitrogen and oxygen atoms in total. The summed E-state index contributed by atoms with van der Waals surface area (Å²) in [6.07, 6.45) is 5.71. The third kappa shape index (κ3) is 3.53. The molecule has 5 aromatic rings. The Morgan fingerprint density at radius 3 is 2.29 bits per heavy atom. The van der Waals surface area contributed by atoms with Gasteiger partial charge in [-0.2, -0.15) is 0 Å². The zero-order chi connectivity index (χ0) is 26.4. The van der Waals surface area contributed by atoms with Gasteiger partial charge in [-0.05, 0) is 54.8 Å². The third-order valence-corrected chi connectivity index (χ3v) is 7.22. The highest BCUT2D eigenvalue weighted by Crippen LogP contribution is 2.38. The van der Waals surface area contributed by atoms with Crippen molar-refractivity contribution in [2.24, 2.45) is 0 Å². The highest BCUT2D eigenvalue weighted by atomic mass is 16.2. The van der Waals surface area contributed by atoms with Gasteiger partial charge in [0.2, 0.25) is 0 Å². The van der Waals surface area contributed by atoms with Crippen LogP contribution in [0.25, 0.3) is 33.8 Å². The monoisotopic (exact) mass is 494 g/mol. The minimum Gasteiger partial charge on any atom is -0.312 e. The average molecular weight is 495 g/mol. The zero-order valence-electron chi connectivity index (χ0n) is 21.3. The molecular weight excluding hydrogens is 468 g/mol. The van der Waals surface area contributed by atoms with Gasteiger partial charge in [-0.25, -0.2) is 4.90 Å². The van der Waals surface area contributed by atoms with Crippen LogP contribution in [0.15, 0.2) is 110 Å². The van der Waals surface area contributed by atoms with Crippen molar-refractivity contribution in [1.82, 2.24) is 4.57 Å². The van der Waals surface area contributed by atoms with Gasteiger partial charge in [0.25, 0.3) is 11.8 Å². The number of fused-ring (bicyclic) bond motifs is 2. The number of rotatable bonds is 5. The zero-order valence-corrected chi connectivity index (χ0v) is 21.3. The number of hydrogen-bond donors (Lipinski definition) is 0. The number of amides is 2. The molecule has 4 aromatic carbocycles. The summed E-state index contributed by atoms with van der Waals surface area (Å²) in [6.45, 7) is 7.93. The molecular formula is C34H26N2O2. The van der Waals surface area contributed by atoms with Crippen molar-refractivity contribution < 1.29 is 9.59 Å². The number of aryl methyl sites for hydroxylation is 1. The van der Waals surface area contributed by atoms with Crippen molar-refractivity contribution >= 4 is 34.5 Å². The Labute approximate surface area is 221 Å². The number of benzene rings is 4. The fraction of sp³-hybridized carbons (Fsp3) is 0.0588. The van der Waals surface area contributed by atoms with Crippen LogP contribution >= 0.6 is 0 Å². The van der Waals surface area contributed by atoms with Gasteiger partial charge in [-0.1, -0.05) is 91.5 Å². The third-order valence-electron chi connectivity index (χ3n) is 7.22. The van der Waals surface area contributed by atoms with E-state index in [9.17, 15) is 9.59 Å². The van der Waals surface area contributed by atoms with E-state index >= 15 is 0 Å². The number of aromatic nitrogens is 1.